The molecule has 0 heterocycles. The van der Waals surface area contributed by atoms with Gasteiger partial charge in [0.2, 0.25) is 11.8 Å². The summed E-state index contributed by atoms with van der Waals surface area (Å²) in [5.41, 5.74) is -8.63. The number of hydrogen-bond acceptors (Lipinski definition) is 28. The van der Waals surface area contributed by atoms with Gasteiger partial charge in [-0.05, 0) is 193 Å². The Bertz CT molecular complexity index is 2680. The first-order chi connectivity index (χ1) is 46.4. The van der Waals surface area contributed by atoms with Crippen LogP contribution in [0.3, 0.4) is 0 Å². The van der Waals surface area contributed by atoms with Crippen molar-refractivity contribution in [3.05, 3.63) is 0 Å². The van der Waals surface area contributed by atoms with E-state index in [1.165, 1.54) is 24.5 Å². The number of carbonyl (C=O) groups excluding carboxylic acids is 11. The number of aliphatic carboxylic acids is 1. The third kappa shape index (κ3) is 52.1. The number of nitrogens with one attached hydrogen (secondary N) is 2. The van der Waals surface area contributed by atoms with Crippen molar-refractivity contribution in [3.63, 3.8) is 0 Å². The second-order valence-electron chi connectivity index (χ2n) is 34.4. The predicted octanol–water partition coefficient (Wildman–Crippen LogP) is 4.25. The van der Waals surface area contributed by atoms with Crippen molar-refractivity contribution in [2.24, 2.45) is 0 Å². The number of hydrogen-bond donors (Lipinski definition) is 3. The SMILES string of the molecule is CCN(CCN(CC(=O)OC(C)(C)C)CC(C(=O)NCCN(CCNC(=O)C(CN(CCN(CC(=O)OC(C)(C)C)CC(=O)OC(C)(C)C)CC(=O)OC(C)(C)C)N(CC(=O)OC(C)(C)C)CC(=O)OC(C)(C)C)CC(=O)O)N(CC(=O)OC(C)(C)C)CC(=O)OC(C)(C)C)CC(=O)OC(C)(C)C. The van der Waals surface area contributed by atoms with Crippen LogP contribution in [-0.4, -0.2) is 311 Å². The van der Waals surface area contributed by atoms with Crippen LogP contribution < -0.4 is 10.6 Å². The van der Waals surface area contributed by atoms with E-state index in [-0.39, 0.29) is 65.4 Å². The molecule has 31 heteroatoms. The summed E-state index contributed by atoms with van der Waals surface area (Å²) in [5, 5.41) is 15.9. The number of nitrogens with zero attached hydrogens (tertiary/aromatic N) is 7. The number of carbonyl (C=O) groups is 12. The van der Waals surface area contributed by atoms with Crippen LogP contribution in [0, 0.1) is 0 Å². The van der Waals surface area contributed by atoms with Crippen LogP contribution >= 0.6 is 0 Å². The highest BCUT2D eigenvalue weighted by molar-refractivity contribution is 5.86. The van der Waals surface area contributed by atoms with E-state index in [4.69, 9.17) is 42.6 Å². The summed E-state index contributed by atoms with van der Waals surface area (Å²) in [4.78, 5) is 176. The first kappa shape index (κ1) is 96.4. The van der Waals surface area contributed by atoms with E-state index in [9.17, 15) is 53.1 Å². The standard InChI is InChI=1S/C72H131N9O22/c1-29-75(41-53(84)95-64(2,3)4)34-35-77(42-54(85)96-65(5,6)7)38-50(80(46-58(89)100-69(17,18)19)47-59(90)101-70(20,21)22)62(93)73-30-32-76(40-52(82)83)33-31-74-63(94)51(81(48-60(91)102-71(23,24)25)49-61(92)103-72(26,27)28)39-78(43-55(86)97-66(8,9)10)36-37-79(44-56(87)98-67(11,12)13)45-57(88)99-68(14,15)16/h50-51H,29-49H2,1-28H3,(H,73,93)(H,74,94)(H,82,83). The normalized spacial score (nSPS) is 13.5. The molecule has 0 aromatic heterocycles. The van der Waals surface area contributed by atoms with Gasteiger partial charge in [0.25, 0.3) is 0 Å². The van der Waals surface area contributed by atoms with E-state index in [0.29, 0.717) is 6.54 Å². The van der Waals surface area contributed by atoms with Crippen LogP contribution in [0.15, 0.2) is 0 Å². The quantitative estimate of drug-likeness (QED) is 0.0569. The fraction of sp³-hybridized carbons (Fsp3) is 0.833. The molecule has 0 bridgehead atoms. The van der Waals surface area contributed by atoms with Gasteiger partial charge in [-0.3, -0.25) is 91.8 Å². The molecule has 0 aromatic carbocycles. The fourth-order valence-corrected chi connectivity index (χ4v) is 9.68. The Morgan fingerprint density at radius 1 is 0.272 bits per heavy atom. The minimum atomic E-state index is -1.54. The van der Waals surface area contributed by atoms with E-state index < -0.39 is 199 Å². The van der Waals surface area contributed by atoms with Gasteiger partial charge in [0.05, 0.1) is 65.4 Å². The minimum Gasteiger partial charge on any atom is -0.480 e. The lowest BCUT2D eigenvalue weighted by Gasteiger charge is -2.36. The van der Waals surface area contributed by atoms with Crippen molar-refractivity contribution in [1.82, 2.24) is 44.9 Å². The molecule has 0 saturated carbocycles. The van der Waals surface area contributed by atoms with Crippen LogP contribution in [0.4, 0.5) is 0 Å². The Kier molecular flexibility index (Phi) is 39.2. The number of rotatable bonds is 41. The van der Waals surface area contributed by atoms with Crippen LogP contribution in [-0.2, 0) is 100 Å². The third-order valence-electron chi connectivity index (χ3n) is 12.9. The van der Waals surface area contributed by atoms with Gasteiger partial charge in [-0.15, -0.1) is 0 Å². The zero-order valence-electron chi connectivity index (χ0n) is 67.7. The average molecular weight is 1470 g/mol. The Morgan fingerprint density at radius 3 is 0.680 bits per heavy atom. The lowest BCUT2D eigenvalue weighted by Crippen LogP contribution is -2.58. The predicted molar refractivity (Wildman–Crippen MR) is 385 cm³/mol. The van der Waals surface area contributed by atoms with Gasteiger partial charge < -0.3 is 58.4 Å². The number of carboxylic acids is 1. The highest BCUT2D eigenvalue weighted by Crippen LogP contribution is 2.19. The molecular weight excluding hydrogens is 1340 g/mol. The number of amides is 2. The summed E-state index contributed by atoms with van der Waals surface area (Å²) in [7, 11) is 0. The van der Waals surface area contributed by atoms with Gasteiger partial charge in [0.15, 0.2) is 0 Å². The van der Waals surface area contributed by atoms with Gasteiger partial charge >= 0.3 is 59.7 Å². The van der Waals surface area contributed by atoms with E-state index in [1.54, 1.807) is 197 Å². The molecule has 0 rings (SSSR count). The summed E-state index contributed by atoms with van der Waals surface area (Å²) >= 11 is 0. The minimum absolute atomic E-state index is 0.0389. The molecule has 2 amide bonds. The number of esters is 9. The van der Waals surface area contributed by atoms with E-state index in [0.717, 1.165) is 0 Å². The molecule has 2 atom stereocenters. The molecule has 2 unspecified atom stereocenters. The maximum absolute atomic E-state index is 15.2. The Hall–Kier alpha value is -6.64. The van der Waals surface area contributed by atoms with E-state index >= 15 is 9.59 Å². The molecule has 0 radical (unpaired) electrons. The largest absolute Gasteiger partial charge is 0.480 e. The summed E-state index contributed by atoms with van der Waals surface area (Å²) < 4.78 is 51.1. The van der Waals surface area contributed by atoms with Gasteiger partial charge in [-0.2, -0.15) is 0 Å². The van der Waals surface area contributed by atoms with Crippen LogP contribution in [0.25, 0.3) is 0 Å². The van der Waals surface area contributed by atoms with Crippen molar-refractivity contribution in [2.45, 2.75) is 256 Å². The first-order valence-corrected chi connectivity index (χ1v) is 35.2. The smallest absolute Gasteiger partial charge is 0.320 e. The van der Waals surface area contributed by atoms with Gasteiger partial charge in [-0.25, -0.2) is 0 Å². The van der Waals surface area contributed by atoms with Crippen molar-refractivity contribution < 1.29 is 105 Å². The van der Waals surface area contributed by atoms with E-state index in [1.807, 2.05) is 6.92 Å². The molecule has 0 spiro atoms. The topological polar surface area (TPSA) is 355 Å². The molecule has 0 aromatic rings. The maximum Gasteiger partial charge on any atom is 0.320 e. The zero-order valence-corrected chi connectivity index (χ0v) is 67.7. The Balaban J connectivity index is 8.08. The van der Waals surface area contributed by atoms with Crippen molar-refractivity contribution in [3.8, 4) is 0 Å². The lowest BCUT2D eigenvalue weighted by molar-refractivity contribution is -0.164. The monoisotopic (exact) mass is 1470 g/mol. The Labute approximate surface area is 613 Å². The Morgan fingerprint density at radius 2 is 0.466 bits per heavy atom. The molecule has 3 N–H and O–H groups in total. The summed E-state index contributed by atoms with van der Waals surface area (Å²) in [6.45, 7) is 40.1. The lowest BCUT2D eigenvalue weighted by atomic mass is 10.1. The molecule has 596 valence electrons. The van der Waals surface area contributed by atoms with Gasteiger partial charge in [0, 0.05) is 65.4 Å². The van der Waals surface area contributed by atoms with E-state index in [2.05, 4.69) is 10.6 Å². The van der Waals surface area contributed by atoms with Crippen molar-refractivity contribution >= 4 is 71.5 Å². The second kappa shape index (κ2) is 41.9. The number of carboxylic acid groups (broad SMARTS) is 1. The summed E-state index contributed by atoms with van der Waals surface area (Å²) in [6, 6.07) is -2.99. The highest BCUT2D eigenvalue weighted by Gasteiger charge is 2.38. The van der Waals surface area contributed by atoms with Crippen LogP contribution in [0.2, 0.25) is 0 Å². The molecule has 0 fully saturated rings. The number of ether oxygens (including phenoxy) is 9. The molecular formula is C72H131N9O22. The molecule has 0 aliphatic carbocycles. The summed E-state index contributed by atoms with van der Waals surface area (Å²) in [6.07, 6.45) is 0. The molecule has 0 saturated heterocycles. The van der Waals surface area contributed by atoms with Gasteiger partial charge in [0.1, 0.15) is 62.5 Å². The van der Waals surface area contributed by atoms with Crippen molar-refractivity contribution in [1.29, 1.82) is 0 Å². The van der Waals surface area contributed by atoms with Crippen LogP contribution in [0.5, 0.6) is 0 Å². The number of likely N-dealkylation sites (N-methyl/N-ethyl adjacent to an activating group) is 1. The van der Waals surface area contributed by atoms with Gasteiger partial charge in [-0.1, -0.05) is 6.92 Å². The van der Waals surface area contributed by atoms with Crippen LogP contribution in [0.1, 0.15) is 194 Å². The molecule has 0 aliphatic heterocycles. The molecule has 103 heavy (non-hydrogen) atoms. The second-order valence-corrected chi connectivity index (χ2v) is 34.4. The first-order valence-electron chi connectivity index (χ1n) is 35.2. The zero-order chi connectivity index (χ0) is 80.3. The average Bonchev–Trinajstić information content (AvgIpc) is 0.845. The maximum atomic E-state index is 15.2. The molecule has 0 aliphatic rings. The highest BCUT2D eigenvalue weighted by atomic mass is 16.6. The summed E-state index contributed by atoms with van der Waals surface area (Å²) in [5.74, 6) is -9.53. The third-order valence-corrected chi connectivity index (χ3v) is 12.9. The van der Waals surface area contributed by atoms with Crippen molar-refractivity contribution in [2.75, 3.05) is 137 Å². The fourth-order valence-electron chi connectivity index (χ4n) is 9.68. The molecule has 31 nitrogen and oxygen atoms in total.